The topological polar surface area (TPSA) is 52.0 Å². The number of pyridine rings is 1. The van der Waals surface area contributed by atoms with Crippen molar-refractivity contribution in [1.29, 1.82) is 0 Å². The van der Waals surface area contributed by atoms with Crippen molar-refractivity contribution in [3.8, 4) is 0 Å². The van der Waals surface area contributed by atoms with Crippen molar-refractivity contribution < 1.29 is 4.74 Å². The molecule has 102 valence electrons. The van der Waals surface area contributed by atoms with Crippen LogP contribution in [0.1, 0.15) is 17.1 Å². The first-order valence-corrected chi connectivity index (χ1v) is 6.41. The molecule has 0 radical (unpaired) electrons. The highest BCUT2D eigenvalue weighted by atomic mass is 16.5. The van der Waals surface area contributed by atoms with E-state index < -0.39 is 0 Å². The summed E-state index contributed by atoms with van der Waals surface area (Å²) in [5.41, 5.74) is 2.29. The van der Waals surface area contributed by atoms with Gasteiger partial charge in [-0.2, -0.15) is 0 Å². The fraction of sp³-hybridized carbons (Fsp3) is 0.429. The second-order valence-electron chi connectivity index (χ2n) is 4.41. The van der Waals surface area contributed by atoms with E-state index in [4.69, 9.17) is 4.74 Å². The first-order valence-electron chi connectivity index (χ1n) is 6.41. The van der Waals surface area contributed by atoms with Crippen LogP contribution in [0.25, 0.3) is 0 Å². The second kappa shape index (κ2) is 7.01. The molecular weight excluding hydrogens is 240 g/mol. The largest absolute Gasteiger partial charge is 0.383 e. The molecule has 2 aromatic rings. The van der Waals surface area contributed by atoms with Gasteiger partial charge < -0.3 is 14.6 Å². The van der Waals surface area contributed by atoms with Gasteiger partial charge in [0.05, 0.1) is 25.4 Å². The number of aryl methyl sites for hydroxylation is 1. The summed E-state index contributed by atoms with van der Waals surface area (Å²) >= 11 is 0. The molecule has 2 rings (SSSR count). The maximum Gasteiger partial charge on any atom is 0.123 e. The van der Waals surface area contributed by atoms with Gasteiger partial charge in [-0.05, 0) is 18.6 Å². The Hall–Kier alpha value is -1.72. The number of rotatable bonds is 7. The van der Waals surface area contributed by atoms with Crippen LogP contribution in [0.2, 0.25) is 0 Å². The Labute approximate surface area is 113 Å². The number of nitrogens with one attached hydrogen (secondary N) is 1. The van der Waals surface area contributed by atoms with Gasteiger partial charge in [-0.25, -0.2) is 4.98 Å². The van der Waals surface area contributed by atoms with Crippen LogP contribution in [0.4, 0.5) is 0 Å². The molecule has 1 N–H and O–H groups in total. The fourth-order valence-electron chi connectivity index (χ4n) is 1.87. The van der Waals surface area contributed by atoms with Gasteiger partial charge >= 0.3 is 0 Å². The summed E-state index contributed by atoms with van der Waals surface area (Å²) in [6.07, 6.45) is 5.64. The van der Waals surface area contributed by atoms with Crippen LogP contribution in [-0.4, -0.2) is 34.8 Å². The maximum atomic E-state index is 5.00. The molecule has 0 aromatic carbocycles. The Balaban J connectivity index is 1.98. The summed E-state index contributed by atoms with van der Waals surface area (Å²) in [5, 5.41) is 3.30. The number of hydrogen-bond donors (Lipinski definition) is 1. The average molecular weight is 260 g/mol. The molecule has 2 heterocycles. The van der Waals surface area contributed by atoms with Crippen LogP contribution < -0.4 is 5.32 Å². The van der Waals surface area contributed by atoms with Crippen LogP contribution in [-0.2, 0) is 17.8 Å². The van der Waals surface area contributed by atoms with Gasteiger partial charge in [-0.3, -0.25) is 4.98 Å². The van der Waals surface area contributed by atoms with Crippen molar-refractivity contribution in [3.05, 3.63) is 47.8 Å². The molecule has 0 aliphatic rings. The van der Waals surface area contributed by atoms with E-state index in [0.29, 0.717) is 6.61 Å². The molecule has 5 nitrogen and oxygen atoms in total. The molecule has 0 aliphatic heterocycles. The standard InChI is InChI=1S/C14H20N4O/c1-12-4-3-5-16-13(12)11-18-8-6-17-14(18)10-15-7-9-19-2/h3-6,8,15H,7,9-11H2,1-2H3. The highest BCUT2D eigenvalue weighted by Gasteiger charge is 2.05. The summed E-state index contributed by atoms with van der Waals surface area (Å²) in [6, 6.07) is 4.04. The Bertz CT molecular complexity index is 510. The van der Waals surface area contributed by atoms with Crippen molar-refractivity contribution in [2.24, 2.45) is 0 Å². The fourth-order valence-corrected chi connectivity index (χ4v) is 1.87. The summed E-state index contributed by atoms with van der Waals surface area (Å²) < 4.78 is 7.12. The minimum atomic E-state index is 0.708. The monoisotopic (exact) mass is 260 g/mol. The third-order valence-corrected chi connectivity index (χ3v) is 3.01. The number of nitrogens with zero attached hydrogens (tertiary/aromatic N) is 3. The van der Waals surface area contributed by atoms with Gasteiger partial charge in [0.15, 0.2) is 0 Å². The zero-order valence-corrected chi connectivity index (χ0v) is 11.5. The van der Waals surface area contributed by atoms with Crippen molar-refractivity contribution in [2.75, 3.05) is 20.3 Å². The van der Waals surface area contributed by atoms with Crippen LogP contribution in [0, 0.1) is 6.92 Å². The lowest BCUT2D eigenvalue weighted by molar-refractivity contribution is 0.199. The predicted octanol–water partition coefficient (Wildman–Crippen LogP) is 1.37. The molecule has 5 heteroatoms. The zero-order valence-electron chi connectivity index (χ0n) is 11.5. The van der Waals surface area contributed by atoms with Gasteiger partial charge in [0, 0.05) is 32.2 Å². The molecule has 0 bridgehead atoms. The maximum absolute atomic E-state index is 5.00. The van der Waals surface area contributed by atoms with E-state index in [1.165, 1.54) is 5.56 Å². The van der Waals surface area contributed by atoms with Gasteiger partial charge in [0.25, 0.3) is 0 Å². The number of imidazole rings is 1. The normalized spacial score (nSPS) is 10.8. The molecule has 0 unspecified atom stereocenters. The third kappa shape index (κ3) is 3.87. The average Bonchev–Trinajstić information content (AvgIpc) is 2.85. The summed E-state index contributed by atoms with van der Waals surface area (Å²) in [6.45, 7) is 5.11. The van der Waals surface area contributed by atoms with Crippen LogP contribution in [0.5, 0.6) is 0 Å². The second-order valence-corrected chi connectivity index (χ2v) is 4.41. The van der Waals surface area contributed by atoms with Gasteiger partial charge in [0.1, 0.15) is 5.82 Å². The Morgan fingerprint density at radius 2 is 2.21 bits per heavy atom. The number of aromatic nitrogens is 3. The van der Waals surface area contributed by atoms with Crippen LogP contribution in [0.3, 0.4) is 0 Å². The van der Waals surface area contributed by atoms with Gasteiger partial charge in [-0.1, -0.05) is 6.07 Å². The Morgan fingerprint density at radius 3 is 3.00 bits per heavy atom. The number of hydrogen-bond acceptors (Lipinski definition) is 4. The summed E-state index contributed by atoms with van der Waals surface area (Å²) in [4.78, 5) is 8.79. The van der Waals surface area contributed by atoms with E-state index >= 15 is 0 Å². The molecule has 0 fully saturated rings. The van der Waals surface area contributed by atoms with E-state index in [0.717, 1.165) is 31.2 Å². The number of methoxy groups -OCH3 is 1. The van der Waals surface area contributed by atoms with Gasteiger partial charge in [-0.15, -0.1) is 0 Å². The SMILES string of the molecule is COCCNCc1nccn1Cc1ncccc1C. The van der Waals surface area contributed by atoms with Crippen molar-refractivity contribution in [3.63, 3.8) is 0 Å². The quantitative estimate of drug-likeness (QED) is 0.764. The molecular formula is C14H20N4O. The molecule has 0 amide bonds. The molecule has 0 aliphatic carbocycles. The van der Waals surface area contributed by atoms with Crippen molar-refractivity contribution >= 4 is 0 Å². The molecule has 0 saturated heterocycles. The minimum absolute atomic E-state index is 0.708. The van der Waals surface area contributed by atoms with E-state index in [1.54, 1.807) is 7.11 Å². The van der Waals surface area contributed by atoms with Crippen molar-refractivity contribution in [1.82, 2.24) is 19.9 Å². The lowest BCUT2D eigenvalue weighted by atomic mass is 10.2. The molecule has 2 aromatic heterocycles. The highest BCUT2D eigenvalue weighted by Crippen LogP contribution is 2.07. The third-order valence-electron chi connectivity index (χ3n) is 3.01. The first kappa shape index (κ1) is 13.7. The summed E-state index contributed by atoms with van der Waals surface area (Å²) in [7, 11) is 1.70. The Morgan fingerprint density at radius 1 is 1.32 bits per heavy atom. The lowest BCUT2D eigenvalue weighted by Gasteiger charge is -2.10. The summed E-state index contributed by atoms with van der Waals surface area (Å²) in [5.74, 6) is 1.01. The van der Waals surface area contributed by atoms with Crippen LogP contribution >= 0.6 is 0 Å². The van der Waals surface area contributed by atoms with Crippen molar-refractivity contribution in [2.45, 2.75) is 20.0 Å². The molecule has 0 atom stereocenters. The minimum Gasteiger partial charge on any atom is -0.383 e. The number of ether oxygens (including phenoxy) is 1. The van der Waals surface area contributed by atoms with E-state index in [-0.39, 0.29) is 0 Å². The predicted molar refractivity (Wildman–Crippen MR) is 73.9 cm³/mol. The first-order chi connectivity index (χ1) is 9.31. The lowest BCUT2D eigenvalue weighted by Crippen LogP contribution is -2.21. The molecule has 0 saturated carbocycles. The molecule has 0 spiro atoms. The van der Waals surface area contributed by atoms with Gasteiger partial charge in [0.2, 0.25) is 0 Å². The Kier molecular flexibility index (Phi) is 5.06. The zero-order chi connectivity index (χ0) is 13.5. The highest BCUT2D eigenvalue weighted by molar-refractivity contribution is 5.18. The van der Waals surface area contributed by atoms with E-state index in [1.807, 2.05) is 24.7 Å². The van der Waals surface area contributed by atoms with Crippen LogP contribution in [0.15, 0.2) is 30.7 Å². The van der Waals surface area contributed by atoms with E-state index in [2.05, 4.69) is 32.8 Å². The van der Waals surface area contributed by atoms with E-state index in [9.17, 15) is 0 Å². The molecule has 19 heavy (non-hydrogen) atoms. The smallest absolute Gasteiger partial charge is 0.123 e.